The predicted molar refractivity (Wildman–Crippen MR) is 64.2 cm³/mol. The summed E-state index contributed by atoms with van der Waals surface area (Å²) in [4.78, 5) is 2.30. The van der Waals surface area contributed by atoms with Gasteiger partial charge < -0.3 is 5.11 Å². The molecule has 0 saturated heterocycles. The molecule has 0 atom stereocenters. The molecular formula is C13H21NO. The van der Waals surface area contributed by atoms with E-state index < -0.39 is 0 Å². The topological polar surface area (TPSA) is 23.5 Å². The Morgan fingerprint density at radius 2 is 1.73 bits per heavy atom. The second kappa shape index (κ2) is 5.17. The fraction of sp³-hybridized carbons (Fsp3) is 0.538. The summed E-state index contributed by atoms with van der Waals surface area (Å²) in [5.74, 6) is 0.430. The highest BCUT2D eigenvalue weighted by molar-refractivity contribution is 5.41. The van der Waals surface area contributed by atoms with Gasteiger partial charge in [-0.05, 0) is 44.1 Å². The minimum absolute atomic E-state index is 0.430. The van der Waals surface area contributed by atoms with Gasteiger partial charge in [0, 0.05) is 12.1 Å². The normalized spacial score (nSPS) is 11.0. The first-order valence-corrected chi connectivity index (χ1v) is 5.59. The molecule has 0 amide bonds. The molecule has 1 rings (SSSR count). The van der Waals surface area contributed by atoms with Crippen LogP contribution in [0.2, 0.25) is 0 Å². The molecule has 0 aromatic heterocycles. The summed E-state index contributed by atoms with van der Waals surface area (Å²) in [5, 5.41) is 9.89. The average molecular weight is 207 g/mol. The number of aryl methyl sites for hydroxylation is 2. The van der Waals surface area contributed by atoms with Crippen LogP contribution in [0.4, 0.5) is 0 Å². The van der Waals surface area contributed by atoms with Crippen molar-refractivity contribution in [3.63, 3.8) is 0 Å². The second-order valence-electron chi connectivity index (χ2n) is 4.04. The van der Waals surface area contributed by atoms with Crippen LogP contribution in [0.1, 0.15) is 30.5 Å². The van der Waals surface area contributed by atoms with E-state index in [1.807, 2.05) is 13.0 Å². The number of hydrogen-bond acceptors (Lipinski definition) is 2. The molecule has 0 bridgehead atoms. The Morgan fingerprint density at radius 3 is 2.20 bits per heavy atom. The SMILES string of the molecule is CCN(CC)Cc1c(C)cc(C)cc1O. The Kier molecular flexibility index (Phi) is 4.15. The van der Waals surface area contributed by atoms with Gasteiger partial charge in [-0.3, -0.25) is 4.90 Å². The first-order valence-electron chi connectivity index (χ1n) is 5.59. The van der Waals surface area contributed by atoms with Crippen molar-refractivity contribution in [1.29, 1.82) is 0 Å². The molecule has 0 heterocycles. The van der Waals surface area contributed by atoms with Crippen LogP contribution in [-0.2, 0) is 6.54 Å². The average Bonchev–Trinajstić information content (AvgIpc) is 2.17. The summed E-state index contributed by atoms with van der Waals surface area (Å²) in [6.07, 6.45) is 0. The van der Waals surface area contributed by atoms with Crippen molar-refractivity contribution in [1.82, 2.24) is 4.90 Å². The molecule has 1 aromatic rings. The molecule has 0 unspecified atom stereocenters. The number of nitrogens with zero attached hydrogens (tertiary/aromatic N) is 1. The third kappa shape index (κ3) is 2.96. The zero-order valence-electron chi connectivity index (χ0n) is 10.2. The van der Waals surface area contributed by atoms with Gasteiger partial charge in [-0.2, -0.15) is 0 Å². The van der Waals surface area contributed by atoms with Gasteiger partial charge in [0.15, 0.2) is 0 Å². The lowest BCUT2D eigenvalue weighted by Gasteiger charge is -2.20. The minimum atomic E-state index is 0.430. The van der Waals surface area contributed by atoms with Crippen LogP contribution < -0.4 is 0 Å². The smallest absolute Gasteiger partial charge is 0.120 e. The highest BCUT2D eigenvalue weighted by Gasteiger charge is 2.09. The van der Waals surface area contributed by atoms with Crippen LogP contribution in [0.5, 0.6) is 5.75 Å². The van der Waals surface area contributed by atoms with Gasteiger partial charge in [-0.15, -0.1) is 0 Å². The van der Waals surface area contributed by atoms with Crippen LogP contribution in [0.3, 0.4) is 0 Å². The van der Waals surface area contributed by atoms with E-state index in [9.17, 15) is 5.11 Å². The molecule has 1 aromatic carbocycles. The molecule has 0 saturated carbocycles. The maximum atomic E-state index is 9.89. The lowest BCUT2D eigenvalue weighted by Crippen LogP contribution is -2.22. The molecule has 0 aliphatic carbocycles. The van der Waals surface area contributed by atoms with Gasteiger partial charge in [-0.1, -0.05) is 19.9 Å². The van der Waals surface area contributed by atoms with E-state index in [1.165, 1.54) is 5.56 Å². The molecule has 1 N–H and O–H groups in total. The Hall–Kier alpha value is -1.02. The first kappa shape index (κ1) is 12.1. The van der Waals surface area contributed by atoms with Crippen LogP contribution >= 0.6 is 0 Å². The number of phenolic OH excluding ortho intramolecular Hbond substituents is 1. The summed E-state index contributed by atoms with van der Waals surface area (Å²) in [5.41, 5.74) is 3.36. The van der Waals surface area contributed by atoms with E-state index in [-0.39, 0.29) is 0 Å². The van der Waals surface area contributed by atoms with E-state index in [0.717, 1.165) is 30.8 Å². The molecule has 0 aliphatic rings. The summed E-state index contributed by atoms with van der Waals surface area (Å²) in [6, 6.07) is 3.96. The molecule has 0 fully saturated rings. The predicted octanol–water partition coefficient (Wildman–Crippen LogP) is 2.85. The molecule has 0 radical (unpaired) electrons. The quantitative estimate of drug-likeness (QED) is 0.820. The standard InChI is InChI=1S/C13H21NO/c1-5-14(6-2)9-12-11(4)7-10(3)8-13(12)15/h7-8,15H,5-6,9H2,1-4H3. The zero-order chi connectivity index (χ0) is 11.4. The zero-order valence-corrected chi connectivity index (χ0v) is 10.2. The molecular weight excluding hydrogens is 186 g/mol. The third-order valence-electron chi connectivity index (χ3n) is 2.87. The number of phenols is 1. The maximum Gasteiger partial charge on any atom is 0.120 e. The Morgan fingerprint density at radius 1 is 1.13 bits per heavy atom. The lowest BCUT2D eigenvalue weighted by molar-refractivity contribution is 0.290. The van der Waals surface area contributed by atoms with Crippen LogP contribution in [-0.4, -0.2) is 23.1 Å². The van der Waals surface area contributed by atoms with Crippen molar-refractivity contribution in [2.24, 2.45) is 0 Å². The maximum absolute atomic E-state index is 9.89. The van der Waals surface area contributed by atoms with Gasteiger partial charge in [0.1, 0.15) is 5.75 Å². The van der Waals surface area contributed by atoms with Crippen molar-refractivity contribution < 1.29 is 5.11 Å². The number of hydrogen-bond donors (Lipinski definition) is 1. The molecule has 84 valence electrons. The van der Waals surface area contributed by atoms with Gasteiger partial charge in [0.05, 0.1) is 0 Å². The van der Waals surface area contributed by atoms with E-state index >= 15 is 0 Å². The van der Waals surface area contributed by atoms with Crippen molar-refractivity contribution in [3.8, 4) is 5.75 Å². The Bertz CT molecular complexity index is 306. The first-order chi connectivity index (χ1) is 7.08. The van der Waals surface area contributed by atoms with Crippen molar-refractivity contribution in [2.45, 2.75) is 34.2 Å². The summed E-state index contributed by atoms with van der Waals surface area (Å²) < 4.78 is 0. The fourth-order valence-electron chi connectivity index (χ4n) is 1.85. The van der Waals surface area contributed by atoms with Gasteiger partial charge in [0.2, 0.25) is 0 Å². The molecule has 2 nitrogen and oxygen atoms in total. The minimum Gasteiger partial charge on any atom is -0.508 e. The van der Waals surface area contributed by atoms with Crippen molar-refractivity contribution >= 4 is 0 Å². The van der Waals surface area contributed by atoms with E-state index in [2.05, 4.69) is 31.7 Å². The largest absolute Gasteiger partial charge is 0.508 e. The van der Waals surface area contributed by atoms with E-state index in [1.54, 1.807) is 0 Å². The summed E-state index contributed by atoms with van der Waals surface area (Å²) in [7, 11) is 0. The van der Waals surface area contributed by atoms with Crippen LogP contribution in [0.15, 0.2) is 12.1 Å². The van der Waals surface area contributed by atoms with E-state index in [0.29, 0.717) is 5.75 Å². The Labute approximate surface area is 92.5 Å². The number of rotatable bonds is 4. The second-order valence-corrected chi connectivity index (χ2v) is 4.04. The van der Waals surface area contributed by atoms with Gasteiger partial charge >= 0.3 is 0 Å². The van der Waals surface area contributed by atoms with Gasteiger partial charge in [-0.25, -0.2) is 0 Å². The fourth-order valence-corrected chi connectivity index (χ4v) is 1.85. The molecule has 0 spiro atoms. The summed E-state index contributed by atoms with van der Waals surface area (Å²) in [6.45, 7) is 11.2. The summed E-state index contributed by atoms with van der Waals surface area (Å²) >= 11 is 0. The third-order valence-corrected chi connectivity index (χ3v) is 2.87. The van der Waals surface area contributed by atoms with Crippen molar-refractivity contribution in [3.05, 3.63) is 28.8 Å². The molecule has 15 heavy (non-hydrogen) atoms. The number of benzene rings is 1. The van der Waals surface area contributed by atoms with E-state index in [4.69, 9.17) is 0 Å². The Balaban J connectivity index is 2.94. The van der Waals surface area contributed by atoms with Crippen LogP contribution in [0.25, 0.3) is 0 Å². The van der Waals surface area contributed by atoms with Crippen molar-refractivity contribution in [2.75, 3.05) is 13.1 Å². The molecule has 2 heteroatoms. The van der Waals surface area contributed by atoms with Gasteiger partial charge in [0.25, 0.3) is 0 Å². The lowest BCUT2D eigenvalue weighted by atomic mass is 10.0. The highest BCUT2D eigenvalue weighted by Crippen LogP contribution is 2.24. The monoisotopic (exact) mass is 207 g/mol. The molecule has 0 aliphatic heterocycles. The number of aromatic hydroxyl groups is 1. The van der Waals surface area contributed by atoms with Crippen LogP contribution in [0, 0.1) is 13.8 Å². The highest BCUT2D eigenvalue weighted by atomic mass is 16.3.